The van der Waals surface area contributed by atoms with Crippen molar-refractivity contribution in [2.45, 2.75) is 0 Å². The van der Waals surface area contributed by atoms with Gasteiger partial charge in [-0.05, 0) is 36.4 Å². The van der Waals surface area contributed by atoms with Gasteiger partial charge in [0.15, 0.2) is 17.6 Å². The summed E-state index contributed by atoms with van der Waals surface area (Å²) in [5.41, 5.74) is 7.29. The largest absolute Gasteiger partial charge is 0.364 e. The van der Waals surface area contributed by atoms with Crippen molar-refractivity contribution in [2.24, 2.45) is 5.73 Å². The minimum absolute atomic E-state index is 0.351. The molecule has 0 aliphatic heterocycles. The lowest BCUT2D eigenvalue weighted by atomic mass is 10.2. The molecular formula is C28H22N2OPS+. The van der Waals surface area contributed by atoms with Gasteiger partial charge in [0.2, 0.25) is 0 Å². The van der Waals surface area contributed by atoms with Gasteiger partial charge in [0.1, 0.15) is 20.9 Å². The van der Waals surface area contributed by atoms with E-state index in [1.54, 1.807) is 11.3 Å². The molecular weight excluding hydrogens is 443 g/mol. The smallest absolute Gasteiger partial charge is 0.272 e. The quantitative estimate of drug-likeness (QED) is 0.375. The fraction of sp³-hybridized carbons (Fsp3) is 0. The highest BCUT2D eigenvalue weighted by molar-refractivity contribution is 8.04. The first kappa shape index (κ1) is 21.3. The van der Waals surface area contributed by atoms with Gasteiger partial charge in [-0.2, -0.15) is 0 Å². The highest BCUT2D eigenvalue weighted by Crippen LogP contribution is 2.56. The van der Waals surface area contributed by atoms with E-state index in [9.17, 15) is 4.79 Å². The maximum atomic E-state index is 12.8. The predicted octanol–water partition coefficient (Wildman–Crippen LogP) is 4.53. The summed E-state index contributed by atoms with van der Waals surface area (Å²) < 4.78 is 0.928. The second kappa shape index (κ2) is 9.11. The van der Waals surface area contributed by atoms with E-state index < -0.39 is 13.2 Å². The summed E-state index contributed by atoms with van der Waals surface area (Å²) in [4.78, 5) is 17.6. The number of nitrogens with zero attached hydrogens (tertiary/aromatic N) is 1. The van der Waals surface area contributed by atoms with E-state index in [1.807, 2.05) is 48.5 Å². The molecule has 0 saturated carbocycles. The minimum atomic E-state index is -2.44. The summed E-state index contributed by atoms with van der Waals surface area (Å²) in [6.45, 7) is 0. The van der Waals surface area contributed by atoms with E-state index in [2.05, 4.69) is 72.8 Å². The first-order chi connectivity index (χ1) is 16.2. The second-order valence-corrected chi connectivity index (χ2v) is 12.2. The molecule has 0 fully saturated rings. The molecule has 0 aliphatic carbocycles. The van der Waals surface area contributed by atoms with Crippen molar-refractivity contribution in [1.82, 2.24) is 4.98 Å². The molecule has 0 bridgehead atoms. The van der Waals surface area contributed by atoms with Gasteiger partial charge in [0, 0.05) is 5.56 Å². The topological polar surface area (TPSA) is 56.0 Å². The lowest BCUT2D eigenvalue weighted by Gasteiger charge is -2.26. The summed E-state index contributed by atoms with van der Waals surface area (Å²) in [5.74, 6) is -0.504. The Morgan fingerprint density at radius 2 is 1.03 bits per heavy atom. The molecule has 1 heterocycles. The average Bonchev–Trinajstić information content (AvgIpc) is 3.33. The molecule has 0 unspecified atom stereocenters. The first-order valence-electron chi connectivity index (χ1n) is 10.6. The highest BCUT2D eigenvalue weighted by Gasteiger charge is 2.52. The van der Waals surface area contributed by atoms with Gasteiger partial charge >= 0.3 is 0 Å². The Balaban J connectivity index is 1.92. The third-order valence-electron chi connectivity index (χ3n) is 5.60. The van der Waals surface area contributed by atoms with Gasteiger partial charge in [-0.25, -0.2) is 4.98 Å². The van der Waals surface area contributed by atoms with Gasteiger partial charge in [0.05, 0.1) is 0 Å². The number of primary amides is 1. The van der Waals surface area contributed by atoms with Crippen molar-refractivity contribution in [2.75, 3.05) is 0 Å². The van der Waals surface area contributed by atoms with Crippen LogP contribution in [0.1, 0.15) is 10.5 Å². The zero-order valence-electron chi connectivity index (χ0n) is 17.8. The highest BCUT2D eigenvalue weighted by atomic mass is 32.1. The van der Waals surface area contributed by atoms with E-state index in [0.717, 1.165) is 31.1 Å². The van der Waals surface area contributed by atoms with Crippen molar-refractivity contribution in [3.63, 3.8) is 0 Å². The van der Waals surface area contributed by atoms with Gasteiger partial charge < -0.3 is 5.73 Å². The van der Waals surface area contributed by atoms with Gasteiger partial charge in [-0.1, -0.05) is 96.3 Å². The molecule has 160 valence electrons. The second-order valence-electron chi connectivity index (χ2n) is 7.58. The zero-order chi connectivity index (χ0) is 22.7. The van der Waals surface area contributed by atoms with Crippen LogP contribution in [-0.4, -0.2) is 10.9 Å². The molecule has 5 rings (SSSR count). The number of amides is 1. The number of carbonyl (C=O) groups excluding carboxylic acids is 1. The van der Waals surface area contributed by atoms with E-state index in [1.165, 1.54) is 0 Å². The van der Waals surface area contributed by atoms with Crippen LogP contribution in [0.5, 0.6) is 0 Å². The molecule has 0 aliphatic rings. The molecule has 2 N–H and O–H groups in total. The van der Waals surface area contributed by atoms with E-state index in [0.29, 0.717) is 5.69 Å². The minimum Gasteiger partial charge on any atom is -0.364 e. The number of aromatic nitrogens is 1. The van der Waals surface area contributed by atoms with Crippen LogP contribution < -0.4 is 26.3 Å². The van der Waals surface area contributed by atoms with Crippen molar-refractivity contribution in [1.29, 1.82) is 0 Å². The van der Waals surface area contributed by atoms with Gasteiger partial charge in [-0.15, -0.1) is 0 Å². The maximum absolute atomic E-state index is 12.8. The van der Waals surface area contributed by atoms with Crippen LogP contribution >= 0.6 is 18.6 Å². The molecule has 1 aromatic heterocycles. The Kier molecular flexibility index (Phi) is 5.87. The van der Waals surface area contributed by atoms with Gasteiger partial charge in [-0.3, -0.25) is 4.79 Å². The number of thiazole rings is 1. The van der Waals surface area contributed by atoms with Crippen molar-refractivity contribution >= 4 is 45.0 Å². The Bertz CT molecular complexity index is 1270. The standard InChI is InChI=1S/C28H21N2OPS/c29-26(31)25-28(33-27(30-25)21-13-5-1-6-14-21)32(22-15-7-2-8-16-22,23-17-9-3-10-18-23)24-19-11-4-12-20-24/h1-20H,(H-,29,31)/p+1. The van der Waals surface area contributed by atoms with Crippen LogP contribution in [0.15, 0.2) is 121 Å². The third kappa shape index (κ3) is 3.78. The van der Waals surface area contributed by atoms with Crippen molar-refractivity contribution < 1.29 is 4.79 Å². The molecule has 3 nitrogen and oxygen atoms in total. The normalized spacial score (nSPS) is 11.3. The Hall–Kier alpha value is -3.59. The summed E-state index contributed by atoms with van der Waals surface area (Å²) in [5, 5.41) is 4.28. The molecule has 0 atom stereocenters. The Morgan fingerprint density at radius 3 is 1.42 bits per heavy atom. The molecule has 4 aromatic carbocycles. The molecule has 5 heteroatoms. The lowest BCUT2D eigenvalue weighted by molar-refractivity contribution is 0.0997. The summed E-state index contributed by atoms with van der Waals surface area (Å²) >= 11 is 1.57. The van der Waals surface area contributed by atoms with Crippen LogP contribution in [0.25, 0.3) is 10.6 Å². The monoisotopic (exact) mass is 465 g/mol. The predicted molar refractivity (Wildman–Crippen MR) is 141 cm³/mol. The number of benzene rings is 4. The Morgan fingerprint density at radius 1 is 0.636 bits per heavy atom. The van der Waals surface area contributed by atoms with E-state index in [4.69, 9.17) is 10.7 Å². The van der Waals surface area contributed by atoms with Crippen molar-refractivity contribution in [3.8, 4) is 10.6 Å². The number of rotatable bonds is 6. The molecule has 0 spiro atoms. The molecule has 33 heavy (non-hydrogen) atoms. The number of nitrogens with two attached hydrogens (primary N) is 1. The Labute approximate surface area is 197 Å². The van der Waals surface area contributed by atoms with E-state index in [-0.39, 0.29) is 0 Å². The van der Waals surface area contributed by atoms with Crippen LogP contribution in [0.4, 0.5) is 0 Å². The number of hydrogen-bond acceptors (Lipinski definition) is 3. The lowest BCUT2D eigenvalue weighted by Crippen LogP contribution is -2.40. The number of carbonyl (C=O) groups is 1. The van der Waals surface area contributed by atoms with Crippen LogP contribution in [0, 0.1) is 0 Å². The van der Waals surface area contributed by atoms with Crippen LogP contribution in [0.2, 0.25) is 0 Å². The summed E-state index contributed by atoms with van der Waals surface area (Å²) in [7, 11) is -2.44. The zero-order valence-corrected chi connectivity index (χ0v) is 19.5. The maximum Gasteiger partial charge on any atom is 0.272 e. The molecule has 0 saturated heterocycles. The average molecular weight is 466 g/mol. The summed E-state index contributed by atoms with van der Waals surface area (Å²) in [6.07, 6.45) is 0. The molecule has 0 radical (unpaired) electrons. The van der Waals surface area contributed by atoms with Crippen LogP contribution in [-0.2, 0) is 0 Å². The molecule has 5 aromatic rings. The summed E-state index contributed by atoms with van der Waals surface area (Å²) in [6, 6.07) is 41.3. The van der Waals surface area contributed by atoms with Crippen molar-refractivity contribution in [3.05, 3.63) is 127 Å². The number of hydrogen-bond donors (Lipinski definition) is 1. The fourth-order valence-electron chi connectivity index (χ4n) is 4.16. The molecule has 1 amide bonds. The first-order valence-corrected chi connectivity index (χ1v) is 13.2. The van der Waals surface area contributed by atoms with Crippen LogP contribution in [0.3, 0.4) is 0 Å². The third-order valence-corrected chi connectivity index (χ3v) is 11.6. The van der Waals surface area contributed by atoms with E-state index >= 15 is 0 Å². The fourth-order valence-corrected chi connectivity index (χ4v) is 10.7. The SMILES string of the molecule is NC(=O)c1nc(-c2ccccc2)sc1[P+](c1ccccc1)(c1ccccc1)c1ccccc1. The van der Waals surface area contributed by atoms with Gasteiger partial charge in [0.25, 0.3) is 5.91 Å².